The number of nitrogens with two attached hydrogens (primary N) is 1. The normalized spacial score (nSPS) is 18.0. The van der Waals surface area contributed by atoms with Crippen molar-refractivity contribution in [3.63, 3.8) is 0 Å². The Morgan fingerprint density at radius 1 is 1.28 bits per heavy atom. The molecule has 0 amide bonds. The number of aromatic carboxylic acids is 1. The maximum atomic E-state index is 12.7. The molecular formula is C22H28F3N5O2. The second kappa shape index (κ2) is 9.33. The average Bonchev–Trinajstić information content (AvgIpc) is 3.13. The zero-order valence-corrected chi connectivity index (χ0v) is 18.4. The van der Waals surface area contributed by atoms with E-state index in [0.717, 1.165) is 11.3 Å². The number of halogens is 3. The molecule has 3 heterocycles. The van der Waals surface area contributed by atoms with Crippen molar-refractivity contribution in [1.82, 2.24) is 14.2 Å². The summed E-state index contributed by atoms with van der Waals surface area (Å²) >= 11 is 0. The third-order valence-corrected chi connectivity index (χ3v) is 5.96. The lowest BCUT2D eigenvalue weighted by molar-refractivity contribution is -0.149. The minimum atomic E-state index is -4.22. The van der Waals surface area contributed by atoms with Crippen LogP contribution in [0.15, 0.2) is 35.6 Å². The molecule has 174 valence electrons. The third-order valence-electron chi connectivity index (χ3n) is 5.96. The first-order valence-electron chi connectivity index (χ1n) is 10.3. The van der Waals surface area contributed by atoms with Gasteiger partial charge in [0.25, 0.3) is 0 Å². The summed E-state index contributed by atoms with van der Waals surface area (Å²) in [6, 6.07) is 3.28. The van der Waals surface area contributed by atoms with E-state index in [0.29, 0.717) is 43.0 Å². The number of alkyl halides is 3. The van der Waals surface area contributed by atoms with Crippen LogP contribution in [0.1, 0.15) is 40.1 Å². The van der Waals surface area contributed by atoms with Crippen molar-refractivity contribution in [2.75, 3.05) is 39.8 Å². The molecule has 2 aromatic rings. The van der Waals surface area contributed by atoms with Gasteiger partial charge in [-0.3, -0.25) is 14.8 Å². The Kier molecular flexibility index (Phi) is 6.94. The molecule has 32 heavy (non-hydrogen) atoms. The molecule has 0 aromatic carbocycles. The molecule has 3 rings (SSSR count). The summed E-state index contributed by atoms with van der Waals surface area (Å²) in [5.41, 5.74) is 9.29. The molecule has 0 spiro atoms. The van der Waals surface area contributed by atoms with Gasteiger partial charge in [0.2, 0.25) is 0 Å². The summed E-state index contributed by atoms with van der Waals surface area (Å²) in [5, 5.41) is 9.74. The zero-order valence-electron chi connectivity index (χ0n) is 18.4. The molecule has 1 saturated heterocycles. The van der Waals surface area contributed by atoms with Gasteiger partial charge in [-0.2, -0.15) is 13.2 Å². The van der Waals surface area contributed by atoms with Crippen LogP contribution in [0.4, 0.5) is 13.2 Å². The number of fused-ring (bicyclic) bond motifs is 1. The number of piperazine rings is 1. The molecule has 0 radical (unpaired) electrons. The van der Waals surface area contributed by atoms with Gasteiger partial charge in [0.1, 0.15) is 0 Å². The Bertz CT molecular complexity index is 1050. The number of hydrogen-bond acceptors (Lipinski definition) is 5. The topological polar surface area (TPSA) is 86.6 Å². The maximum absolute atomic E-state index is 12.7. The first kappa shape index (κ1) is 23.8. The maximum Gasteiger partial charge on any atom is 0.401 e. The number of carboxylic acids is 1. The lowest BCUT2D eigenvalue weighted by Crippen LogP contribution is -2.49. The molecule has 0 aliphatic carbocycles. The van der Waals surface area contributed by atoms with Crippen LogP contribution in [0.25, 0.3) is 5.52 Å². The van der Waals surface area contributed by atoms with E-state index in [1.807, 2.05) is 23.6 Å². The number of allylic oxidation sites excluding steroid dienone is 1. The van der Waals surface area contributed by atoms with E-state index in [-0.39, 0.29) is 11.6 Å². The van der Waals surface area contributed by atoms with Crippen molar-refractivity contribution in [1.29, 1.82) is 0 Å². The number of aliphatic imine (C=N–C) groups is 1. The molecular weight excluding hydrogens is 423 g/mol. The smallest absolute Gasteiger partial charge is 0.401 e. The summed E-state index contributed by atoms with van der Waals surface area (Å²) in [5.74, 6) is -1.03. The number of aromatic nitrogens is 1. The SMILES string of the molecule is CN=C(C=CN)c1cc2cc(C(=O)O)c(C)c(C(C)N3CCN(CC(F)(F)F)CC3)n2c1. The minimum Gasteiger partial charge on any atom is -0.478 e. The summed E-state index contributed by atoms with van der Waals surface area (Å²) in [4.78, 5) is 19.6. The zero-order chi connectivity index (χ0) is 23.6. The van der Waals surface area contributed by atoms with Crippen molar-refractivity contribution < 1.29 is 23.1 Å². The lowest BCUT2D eigenvalue weighted by Gasteiger charge is -2.39. The second-order valence-electron chi connectivity index (χ2n) is 7.97. The molecule has 1 fully saturated rings. The second-order valence-corrected chi connectivity index (χ2v) is 7.97. The highest BCUT2D eigenvalue weighted by molar-refractivity contribution is 6.09. The van der Waals surface area contributed by atoms with Crippen molar-refractivity contribution >= 4 is 17.2 Å². The van der Waals surface area contributed by atoms with E-state index < -0.39 is 18.7 Å². The summed E-state index contributed by atoms with van der Waals surface area (Å²) < 4.78 is 40.1. The van der Waals surface area contributed by atoms with Crippen molar-refractivity contribution in [3.8, 4) is 0 Å². The fraction of sp³-hybridized carbons (Fsp3) is 0.455. The van der Waals surface area contributed by atoms with Gasteiger partial charge >= 0.3 is 12.1 Å². The van der Waals surface area contributed by atoms with Gasteiger partial charge in [-0.1, -0.05) is 0 Å². The van der Waals surface area contributed by atoms with Crippen LogP contribution >= 0.6 is 0 Å². The third kappa shape index (κ3) is 4.97. The fourth-order valence-corrected chi connectivity index (χ4v) is 4.38. The monoisotopic (exact) mass is 451 g/mol. The van der Waals surface area contributed by atoms with E-state index in [4.69, 9.17) is 5.73 Å². The van der Waals surface area contributed by atoms with Gasteiger partial charge < -0.3 is 15.2 Å². The van der Waals surface area contributed by atoms with Crippen LogP contribution < -0.4 is 5.73 Å². The summed E-state index contributed by atoms with van der Waals surface area (Å²) in [7, 11) is 1.65. The number of rotatable bonds is 6. The van der Waals surface area contributed by atoms with Crippen LogP contribution in [-0.2, 0) is 0 Å². The van der Waals surface area contributed by atoms with Crippen LogP contribution in [0.5, 0.6) is 0 Å². The molecule has 1 atom stereocenters. The largest absolute Gasteiger partial charge is 0.478 e. The van der Waals surface area contributed by atoms with Crippen LogP contribution in [0, 0.1) is 6.92 Å². The highest BCUT2D eigenvalue weighted by atomic mass is 19.4. The highest BCUT2D eigenvalue weighted by Crippen LogP contribution is 2.30. The number of carbonyl (C=O) groups is 1. The fourth-order valence-electron chi connectivity index (χ4n) is 4.38. The van der Waals surface area contributed by atoms with E-state index >= 15 is 0 Å². The van der Waals surface area contributed by atoms with Gasteiger partial charge in [-0.05, 0) is 43.8 Å². The number of nitrogens with zero attached hydrogens (tertiary/aromatic N) is 4. The molecule has 1 aliphatic rings. The van der Waals surface area contributed by atoms with Crippen LogP contribution in [0.3, 0.4) is 0 Å². The Balaban J connectivity index is 2.00. The standard InChI is InChI=1S/C22H28F3N5O2/c1-14-18(21(31)32)11-17-10-16(19(27-3)4-5-26)12-30(17)20(14)15(2)29-8-6-28(7-9-29)13-22(23,24)25/h4-5,10-12,15H,6-9,13,26H2,1-3H3,(H,31,32). The Labute approximate surface area is 184 Å². The van der Waals surface area contributed by atoms with Gasteiger partial charge in [0.05, 0.1) is 17.8 Å². The van der Waals surface area contributed by atoms with E-state index in [2.05, 4.69) is 9.89 Å². The molecule has 10 heteroatoms. The lowest BCUT2D eigenvalue weighted by atomic mass is 10.0. The van der Waals surface area contributed by atoms with Gasteiger partial charge in [-0.15, -0.1) is 0 Å². The van der Waals surface area contributed by atoms with Crippen molar-refractivity contribution in [2.24, 2.45) is 10.7 Å². The summed E-state index contributed by atoms with van der Waals surface area (Å²) in [6.45, 7) is 4.33. The van der Waals surface area contributed by atoms with Crippen LogP contribution in [0.2, 0.25) is 0 Å². The van der Waals surface area contributed by atoms with Crippen molar-refractivity contribution in [3.05, 3.63) is 53.0 Å². The van der Waals surface area contributed by atoms with Gasteiger partial charge in [0.15, 0.2) is 0 Å². The minimum absolute atomic E-state index is 0.197. The average molecular weight is 451 g/mol. The molecule has 0 saturated carbocycles. The van der Waals surface area contributed by atoms with E-state index in [1.165, 1.54) is 11.1 Å². The quantitative estimate of drug-likeness (QED) is 0.660. The number of pyridine rings is 1. The van der Waals surface area contributed by atoms with E-state index in [9.17, 15) is 23.1 Å². The summed E-state index contributed by atoms with van der Waals surface area (Å²) in [6.07, 6.45) is 0.734. The first-order chi connectivity index (χ1) is 15.1. The number of carboxylic acid groups (broad SMARTS) is 1. The molecule has 3 N–H and O–H groups in total. The Morgan fingerprint density at radius 3 is 2.47 bits per heavy atom. The Morgan fingerprint density at radius 2 is 1.94 bits per heavy atom. The predicted octanol–water partition coefficient (Wildman–Crippen LogP) is 3.08. The highest BCUT2D eigenvalue weighted by Gasteiger charge is 2.33. The molecule has 1 aliphatic heterocycles. The molecule has 2 aromatic heterocycles. The van der Waals surface area contributed by atoms with Gasteiger partial charge in [-0.25, -0.2) is 4.79 Å². The van der Waals surface area contributed by atoms with E-state index in [1.54, 1.807) is 26.1 Å². The number of hydrogen-bond donors (Lipinski definition) is 2. The van der Waals surface area contributed by atoms with Gasteiger partial charge in [0, 0.05) is 62.2 Å². The van der Waals surface area contributed by atoms with Crippen molar-refractivity contribution in [2.45, 2.75) is 26.1 Å². The first-order valence-corrected chi connectivity index (χ1v) is 10.3. The molecule has 0 bridgehead atoms. The molecule has 7 nitrogen and oxygen atoms in total. The van der Waals surface area contributed by atoms with Crippen LogP contribution in [-0.4, -0.2) is 76.9 Å². The predicted molar refractivity (Wildman–Crippen MR) is 117 cm³/mol. The Hall–Kier alpha value is -2.85. The molecule has 1 unspecified atom stereocenters.